The van der Waals surface area contributed by atoms with Crippen LogP contribution in [0.5, 0.6) is 0 Å². The van der Waals surface area contributed by atoms with E-state index in [1.54, 1.807) is 0 Å². The maximum absolute atomic E-state index is 11.4. The molecule has 0 fully saturated rings. The largest absolute Gasteiger partial charge is 0.466 e. The lowest BCUT2D eigenvalue weighted by molar-refractivity contribution is -0.134. The molecule has 1 aliphatic rings. The first kappa shape index (κ1) is 25.5. The summed E-state index contributed by atoms with van der Waals surface area (Å²) in [6, 6.07) is 10.9. The molecular formula is C27H39NO4Si. The van der Waals surface area contributed by atoms with E-state index in [2.05, 4.69) is 63.0 Å². The maximum Gasteiger partial charge on any atom is 0.330 e. The van der Waals surface area contributed by atoms with E-state index in [1.165, 1.54) is 24.3 Å². The van der Waals surface area contributed by atoms with E-state index in [1.807, 2.05) is 19.1 Å². The number of furan rings is 1. The number of aryl methyl sites for hydroxylation is 2. The Morgan fingerprint density at radius 1 is 1.24 bits per heavy atom. The molecule has 1 aliphatic carbocycles. The summed E-state index contributed by atoms with van der Waals surface area (Å²) in [4.78, 5) is 13.9. The number of carbonyl (C=O) groups is 1. The third-order valence-corrected chi connectivity index (χ3v) is 11.6. The fourth-order valence-corrected chi connectivity index (χ4v) is 5.11. The number of hydrogen-bond acceptors (Lipinski definition) is 5. The number of methoxy groups -OCH3 is 1. The van der Waals surface area contributed by atoms with E-state index >= 15 is 0 Å². The zero-order valence-corrected chi connectivity index (χ0v) is 22.2. The molecule has 0 radical (unpaired) electrons. The lowest BCUT2D eigenvalue weighted by Gasteiger charge is -2.37. The zero-order chi connectivity index (χ0) is 24.2. The first-order valence-corrected chi connectivity index (χ1v) is 14.7. The topological polar surface area (TPSA) is 51.9 Å². The second-order valence-corrected chi connectivity index (χ2v) is 15.3. The molecule has 0 N–H and O–H groups in total. The van der Waals surface area contributed by atoms with Crippen molar-refractivity contribution in [1.29, 1.82) is 0 Å². The summed E-state index contributed by atoms with van der Waals surface area (Å²) >= 11 is 0. The second-order valence-electron chi connectivity index (χ2n) is 10.5. The van der Waals surface area contributed by atoms with Crippen LogP contribution in [0, 0.1) is 6.92 Å². The molecule has 2 aromatic rings. The van der Waals surface area contributed by atoms with Gasteiger partial charge in [0.2, 0.25) is 0 Å². The number of rotatable bonds is 9. The number of hydrogen-bond donors (Lipinski definition) is 0. The van der Waals surface area contributed by atoms with Crippen molar-refractivity contribution >= 4 is 20.4 Å². The Morgan fingerprint density at radius 2 is 2.00 bits per heavy atom. The van der Waals surface area contributed by atoms with Crippen LogP contribution in [-0.2, 0) is 26.9 Å². The molecule has 180 valence electrons. The minimum Gasteiger partial charge on any atom is -0.466 e. The van der Waals surface area contributed by atoms with Gasteiger partial charge in [-0.05, 0) is 72.8 Å². The summed E-state index contributed by atoms with van der Waals surface area (Å²) in [5.74, 6) is 1.59. The average Bonchev–Trinajstić information content (AvgIpc) is 3.35. The number of esters is 1. The highest BCUT2D eigenvalue weighted by molar-refractivity contribution is 6.74. The van der Waals surface area contributed by atoms with E-state index in [4.69, 9.17) is 13.6 Å². The van der Waals surface area contributed by atoms with Crippen molar-refractivity contribution in [1.82, 2.24) is 4.90 Å². The Balaban J connectivity index is 1.77. The van der Waals surface area contributed by atoms with Gasteiger partial charge in [0, 0.05) is 25.3 Å². The van der Waals surface area contributed by atoms with Crippen molar-refractivity contribution in [3.05, 3.63) is 64.6 Å². The molecule has 0 amide bonds. The fourth-order valence-electron chi connectivity index (χ4n) is 4.08. The molecule has 5 nitrogen and oxygen atoms in total. The van der Waals surface area contributed by atoms with Gasteiger partial charge in [-0.15, -0.1) is 0 Å². The average molecular weight is 470 g/mol. The second kappa shape index (κ2) is 10.4. The summed E-state index contributed by atoms with van der Waals surface area (Å²) in [6.07, 6.45) is 5.38. The highest BCUT2D eigenvalue weighted by atomic mass is 28.4. The lowest BCUT2D eigenvalue weighted by atomic mass is 10.0. The SMILES string of the molecule is COC(=O)/C=C/c1ccc2c(c1)CCC2N(CCO[Si](C)(C)C(C)(C)C)Cc1ccc(C)o1. The number of fused-ring (bicyclic) bond motifs is 1. The van der Waals surface area contributed by atoms with Gasteiger partial charge in [-0.1, -0.05) is 39.0 Å². The van der Waals surface area contributed by atoms with Crippen molar-refractivity contribution in [3.8, 4) is 0 Å². The molecule has 1 atom stereocenters. The van der Waals surface area contributed by atoms with Crippen molar-refractivity contribution < 1.29 is 18.4 Å². The molecule has 0 saturated carbocycles. The van der Waals surface area contributed by atoms with E-state index in [9.17, 15) is 4.79 Å². The molecule has 1 heterocycles. The van der Waals surface area contributed by atoms with E-state index in [0.717, 1.165) is 49.6 Å². The number of benzene rings is 1. The van der Waals surface area contributed by atoms with Crippen molar-refractivity contribution in [2.45, 2.75) is 71.3 Å². The van der Waals surface area contributed by atoms with Crippen LogP contribution >= 0.6 is 0 Å². The Bertz CT molecular complexity index is 986. The van der Waals surface area contributed by atoms with Gasteiger partial charge in [0.1, 0.15) is 11.5 Å². The summed E-state index contributed by atoms with van der Waals surface area (Å²) in [6.45, 7) is 15.8. The van der Waals surface area contributed by atoms with Gasteiger partial charge < -0.3 is 13.6 Å². The smallest absolute Gasteiger partial charge is 0.330 e. The Morgan fingerprint density at radius 3 is 2.64 bits per heavy atom. The molecule has 3 rings (SSSR count). The fraction of sp³-hybridized carbons (Fsp3) is 0.519. The molecule has 0 spiro atoms. The van der Waals surface area contributed by atoms with E-state index in [-0.39, 0.29) is 11.0 Å². The van der Waals surface area contributed by atoms with E-state index < -0.39 is 8.32 Å². The Labute approximate surface area is 199 Å². The minimum absolute atomic E-state index is 0.198. The van der Waals surface area contributed by atoms with Gasteiger partial charge >= 0.3 is 5.97 Å². The maximum atomic E-state index is 11.4. The number of nitrogens with zero attached hydrogens (tertiary/aromatic N) is 1. The zero-order valence-electron chi connectivity index (χ0n) is 21.2. The van der Waals surface area contributed by atoms with Gasteiger partial charge in [0.25, 0.3) is 0 Å². The van der Waals surface area contributed by atoms with Crippen LogP contribution in [0.2, 0.25) is 18.1 Å². The summed E-state index contributed by atoms with van der Waals surface area (Å²) in [5.41, 5.74) is 3.73. The van der Waals surface area contributed by atoms with Crippen LogP contribution in [0.15, 0.2) is 40.8 Å². The van der Waals surface area contributed by atoms with Crippen molar-refractivity contribution in [2.75, 3.05) is 20.3 Å². The molecule has 0 saturated heterocycles. The molecule has 0 bridgehead atoms. The van der Waals surface area contributed by atoms with Gasteiger partial charge in [-0.25, -0.2) is 4.79 Å². The van der Waals surface area contributed by atoms with Crippen LogP contribution in [0.25, 0.3) is 6.08 Å². The molecule has 33 heavy (non-hydrogen) atoms. The van der Waals surface area contributed by atoms with Crippen LogP contribution in [0.4, 0.5) is 0 Å². The highest BCUT2D eigenvalue weighted by Crippen LogP contribution is 2.39. The molecule has 6 heteroatoms. The molecule has 0 aliphatic heterocycles. The summed E-state index contributed by atoms with van der Waals surface area (Å²) < 4.78 is 17.1. The quantitative estimate of drug-likeness (QED) is 0.246. The van der Waals surface area contributed by atoms with Gasteiger partial charge in [0.05, 0.1) is 13.7 Å². The monoisotopic (exact) mass is 469 g/mol. The predicted octanol–water partition coefficient (Wildman–Crippen LogP) is 6.29. The standard InChI is InChI=1S/C27H39NO4Si/c1-20-8-12-23(32-20)19-28(16-17-31-33(6,7)27(2,3)4)25-14-11-22-18-21(9-13-24(22)25)10-15-26(29)30-5/h8-10,12-13,15,18,25H,11,14,16-17,19H2,1-7H3/b15-10+. The van der Waals surface area contributed by atoms with Crippen molar-refractivity contribution in [2.24, 2.45) is 0 Å². The first-order chi connectivity index (χ1) is 15.5. The Kier molecular flexibility index (Phi) is 8.03. The first-order valence-electron chi connectivity index (χ1n) is 11.8. The molecular weight excluding hydrogens is 430 g/mol. The van der Waals surface area contributed by atoms with Gasteiger partial charge in [-0.2, -0.15) is 0 Å². The molecule has 1 aromatic carbocycles. The lowest BCUT2D eigenvalue weighted by Crippen LogP contribution is -2.43. The minimum atomic E-state index is -1.80. The van der Waals surface area contributed by atoms with Crippen LogP contribution in [-0.4, -0.2) is 39.4 Å². The summed E-state index contributed by atoms with van der Waals surface area (Å²) in [7, 11) is -0.403. The van der Waals surface area contributed by atoms with Crippen LogP contribution in [0.1, 0.15) is 61.4 Å². The van der Waals surface area contributed by atoms with Gasteiger partial charge in [-0.3, -0.25) is 4.90 Å². The molecule has 1 aromatic heterocycles. The van der Waals surface area contributed by atoms with Gasteiger partial charge in [0.15, 0.2) is 8.32 Å². The third kappa shape index (κ3) is 6.46. The normalized spacial score (nSPS) is 16.5. The number of carbonyl (C=O) groups excluding carboxylic acids is 1. The predicted molar refractivity (Wildman–Crippen MR) is 136 cm³/mol. The van der Waals surface area contributed by atoms with Crippen LogP contribution < -0.4 is 0 Å². The molecule has 1 unspecified atom stereocenters. The Hall–Kier alpha value is -2.15. The highest BCUT2D eigenvalue weighted by Gasteiger charge is 2.37. The summed E-state index contributed by atoms with van der Waals surface area (Å²) in [5, 5.41) is 0.198. The van der Waals surface area contributed by atoms with E-state index in [0.29, 0.717) is 6.04 Å². The van der Waals surface area contributed by atoms with Crippen LogP contribution in [0.3, 0.4) is 0 Å². The third-order valence-electron chi connectivity index (χ3n) is 7.07. The van der Waals surface area contributed by atoms with Crippen molar-refractivity contribution in [3.63, 3.8) is 0 Å². The number of ether oxygens (including phenoxy) is 1.